The summed E-state index contributed by atoms with van der Waals surface area (Å²) in [5.41, 5.74) is 5.22. The lowest BCUT2D eigenvalue weighted by atomic mass is 10.1. The molecule has 2 rings (SSSR count). The van der Waals surface area contributed by atoms with Gasteiger partial charge in [-0.15, -0.1) is 5.48 Å². The number of nitrogens with zero attached hydrogens (tertiary/aromatic N) is 1. The number of aliphatic imine (C=N–C) groups is 1. The average molecular weight is 176 g/mol. The first-order valence-corrected chi connectivity index (χ1v) is 4.29. The number of hydrogen-bond donors (Lipinski definition) is 1. The van der Waals surface area contributed by atoms with Crippen molar-refractivity contribution in [1.29, 1.82) is 0 Å². The van der Waals surface area contributed by atoms with E-state index in [0.29, 0.717) is 5.90 Å². The predicted molar refractivity (Wildman–Crippen MR) is 51.2 cm³/mol. The fourth-order valence-corrected chi connectivity index (χ4v) is 1.27. The van der Waals surface area contributed by atoms with Gasteiger partial charge in [0, 0.05) is 6.92 Å². The van der Waals surface area contributed by atoms with Gasteiger partial charge in [0.2, 0.25) is 5.90 Å². The smallest absolute Gasteiger partial charge is 0.208 e. The van der Waals surface area contributed by atoms with E-state index >= 15 is 0 Å². The number of rotatable bonds is 1. The van der Waals surface area contributed by atoms with Crippen molar-refractivity contribution in [2.75, 3.05) is 0 Å². The molecule has 0 saturated heterocycles. The largest absolute Gasteiger partial charge is 0.391 e. The maximum Gasteiger partial charge on any atom is 0.208 e. The van der Waals surface area contributed by atoms with Gasteiger partial charge in [0.15, 0.2) is 6.17 Å². The summed E-state index contributed by atoms with van der Waals surface area (Å²) in [6.45, 7) is 3.90. The van der Waals surface area contributed by atoms with Crippen molar-refractivity contribution in [2.24, 2.45) is 4.99 Å². The molecule has 1 N–H and O–H groups in total. The lowest BCUT2D eigenvalue weighted by molar-refractivity contribution is 0.178. The monoisotopic (exact) mass is 176 g/mol. The second-order valence-electron chi connectivity index (χ2n) is 3.18. The maximum absolute atomic E-state index is 5.05. The molecule has 1 unspecified atom stereocenters. The van der Waals surface area contributed by atoms with Crippen LogP contribution in [0.2, 0.25) is 0 Å². The van der Waals surface area contributed by atoms with E-state index in [1.807, 2.05) is 6.92 Å². The topological polar surface area (TPSA) is 33.6 Å². The minimum atomic E-state index is -0.0411. The zero-order valence-corrected chi connectivity index (χ0v) is 7.74. The van der Waals surface area contributed by atoms with E-state index in [4.69, 9.17) is 4.84 Å². The van der Waals surface area contributed by atoms with Crippen LogP contribution in [0.15, 0.2) is 29.3 Å². The number of nitrogens with one attached hydrogen (secondary N) is 1. The molecule has 0 fully saturated rings. The molecular formula is C10H12N2O. The fraction of sp³-hybridized carbons (Fsp3) is 0.300. The molecule has 1 heterocycles. The molecule has 0 spiro atoms. The lowest BCUT2D eigenvalue weighted by Crippen LogP contribution is -2.13. The third-order valence-electron chi connectivity index (χ3n) is 2.02. The summed E-state index contributed by atoms with van der Waals surface area (Å²) in [6, 6.07) is 8.25. The first kappa shape index (κ1) is 8.26. The zero-order chi connectivity index (χ0) is 9.26. The second kappa shape index (κ2) is 3.18. The SMILES string of the molecule is CC1=NC(c2ccc(C)cc2)NO1. The Morgan fingerprint density at radius 2 is 1.92 bits per heavy atom. The van der Waals surface area contributed by atoms with Crippen LogP contribution in [-0.2, 0) is 4.84 Å². The summed E-state index contributed by atoms with van der Waals surface area (Å²) in [7, 11) is 0. The fourth-order valence-electron chi connectivity index (χ4n) is 1.27. The maximum atomic E-state index is 5.05. The van der Waals surface area contributed by atoms with Gasteiger partial charge in [-0.05, 0) is 12.5 Å². The van der Waals surface area contributed by atoms with Crippen LogP contribution >= 0.6 is 0 Å². The standard InChI is InChI=1S/C10H12N2O/c1-7-3-5-9(6-4-7)10-11-8(2)13-12-10/h3-6,10,12H,1-2H3. The molecule has 0 amide bonds. The summed E-state index contributed by atoms with van der Waals surface area (Å²) in [4.78, 5) is 9.32. The third kappa shape index (κ3) is 1.70. The first-order valence-electron chi connectivity index (χ1n) is 4.29. The van der Waals surface area contributed by atoms with Crippen LogP contribution in [0.25, 0.3) is 0 Å². The van der Waals surface area contributed by atoms with Crippen molar-refractivity contribution in [3.63, 3.8) is 0 Å². The molecule has 1 aromatic rings. The molecule has 1 atom stereocenters. The molecule has 0 aromatic heterocycles. The van der Waals surface area contributed by atoms with E-state index in [1.54, 1.807) is 0 Å². The molecular weight excluding hydrogens is 164 g/mol. The van der Waals surface area contributed by atoms with Crippen LogP contribution in [0.3, 0.4) is 0 Å². The molecule has 0 aliphatic carbocycles. The van der Waals surface area contributed by atoms with E-state index in [2.05, 4.69) is 41.7 Å². The Hall–Kier alpha value is -1.35. The first-order chi connectivity index (χ1) is 6.25. The minimum Gasteiger partial charge on any atom is -0.391 e. The number of benzene rings is 1. The highest BCUT2D eigenvalue weighted by Crippen LogP contribution is 2.18. The quantitative estimate of drug-likeness (QED) is 0.709. The number of aryl methyl sites for hydroxylation is 1. The Morgan fingerprint density at radius 3 is 2.46 bits per heavy atom. The van der Waals surface area contributed by atoms with Crippen LogP contribution in [-0.4, -0.2) is 5.90 Å². The van der Waals surface area contributed by atoms with Crippen molar-refractivity contribution in [3.05, 3.63) is 35.4 Å². The summed E-state index contributed by atoms with van der Waals surface area (Å²) in [6.07, 6.45) is -0.0411. The van der Waals surface area contributed by atoms with Gasteiger partial charge in [0.25, 0.3) is 0 Å². The number of hydrogen-bond acceptors (Lipinski definition) is 3. The predicted octanol–water partition coefficient (Wildman–Crippen LogP) is 1.95. The third-order valence-corrected chi connectivity index (χ3v) is 2.02. The van der Waals surface area contributed by atoms with E-state index in [-0.39, 0.29) is 6.17 Å². The van der Waals surface area contributed by atoms with Gasteiger partial charge >= 0.3 is 0 Å². The Balaban J connectivity index is 2.22. The van der Waals surface area contributed by atoms with Crippen molar-refractivity contribution < 1.29 is 4.84 Å². The van der Waals surface area contributed by atoms with Crippen LogP contribution in [0.4, 0.5) is 0 Å². The molecule has 68 valence electrons. The Morgan fingerprint density at radius 1 is 1.23 bits per heavy atom. The summed E-state index contributed by atoms with van der Waals surface area (Å²) in [5.74, 6) is 0.686. The lowest BCUT2D eigenvalue weighted by Gasteiger charge is -2.05. The van der Waals surface area contributed by atoms with Gasteiger partial charge in [-0.3, -0.25) is 0 Å². The van der Waals surface area contributed by atoms with Gasteiger partial charge in [-0.1, -0.05) is 29.8 Å². The summed E-state index contributed by atoms with van der Waals surface area (Å²) >= 11 is 0. The van der Waals surface area contributed by atoms with Gasteiger partial charge in [-0.25, -0.2) is 4.99 Å². The Labute approximate surface area is 77.4 Å². The molecule has 13 heavy (non-hydrogen) atoms. The van der Waals surface area contributed by atoms with Crippen molar-refractivity contribution in [2.45, 2.75) is 20.0 Å². The van der Waals surface area contributed by atoms with Crippen LogP contribution in [0.5, 0.6) is 0 Å². The molecule has 0 saturated carbocycles. The highest BCUT2D eigenvalue weighted by Gasteiger charge is 2.16. The van der Waals surface area contributed by atoms with E-state index < -0.39 is 0 Å². The number of hydroxylamine groups is 1. The molecule has 0 radical (unpaired) electrons. The highest BCUT2D eigenvalue weighted by atomic mass is 16.7. The van der Waals surface area contributed by atoms with Crippen LogP contribution < -0.4 is 5.48 Å². The van der Waals surface area contributed by atoms with Gasteiger partial charge in [0.05, 0.1) is 0 Å². The Bertz CT molecular complexity index is 329. The van der Waals surface area contributed by atoms with Crippen LogP contribution in [0, 0.1) is 6.92 Å². The highest BCUT2D eigenvalue weighted by molar-refractivity contribution is 5.74. The van der Waals surface area contributed by atoms with Crippen molar-refractivity contribution in [1.82, 2.24) is 5.48 Å². The minimum absolute atomic E-state index is 0.0411. The van der Waals surface area contributed by atoms with E-state index in [0.717, 1.165) is 5.56 Å². The molecule has 3 nitrogen and oxygen atoms in total. The molecule has 1 aromatic carbocycles. The van der Waals surface area contributed by atoms with Crippen molar-refractivity contribution in [3.8, 4) is 0 Å². The normalized spacial score (nSPS) is 21.1. The van der Waals surface area contributed by atoms with E-state index in [9.17, 15) is 0 Å². The molecule has 1 aliphatic heterocycles. The second-order valence-corrected chi connectivity index (χ2v) is 3.18. The average Bonchev–Trinajstić information content (AvgIpc) is 2.53. The van der Waals surface area contributed by atoms with E-state index in [1.165, 1.54) is 5.56 Å². The van der Waals surface area contributed by atoms with Gasteiger partial charge < -0.3 is 4.84 Å². The van der Waals surface area contributed by atoms with Gasteiger partial charge in [-0.2, -0.15) is 0 Å². The zero-order valence-electron chi connectivity index (χ0n) is 7.74. The van der Waals surface area contributed by atoms with Crippen molar-refractivity contribution >= 4 is 5.90 Å². The Kier molecular flexibility index (Phi) is 2.02. The molecule has 0 bridgehead atoms. The van der Waals surface area contributed by atoms with Crippen LogP contribution in [0.1, 0.15) is 24.2 Å². The van der Waals surface area contributed by atoms with Gasteiger partial charge in [0.1, 0.15) is 0 Å². The molecule has 1 aliphatic rings. The summed E-state index contributed by atoms with van der Waals surface area (Å²) < 4.78 is 0. The summed E-state index contributed by atoms with van der Waals surface area (Å²) in [5, 5.41) is 0. The molecule has 3 heteroatoms.